The van der Waals surface area contributed by atoms with Crippen molar-refractivity contribution in [1.82, 2.24) is 0 Å². The van der Waals surface area contributed by atoms with Crippen molar-refractivity contribution >= 4 is 0 Å². The molecule has 2 fully saturated rings. The van der Waals surface area contributed by atoms with Gasteiger partial charge in [0.05, 0.1) is 19.8 Å². The van der Waals surface area contributed by atoms with E-state index in [0.717, 1.165) is 26.1 Å². The Bertz CT molecular complexity index is 125. The molecule has 0 aliphatic carbocycles. The first-order valence-electron chi connectivity index (χ1n) is 3.76. The minimum absolute atomic E-state index is 0.0116. The lowest BCUT2D eigenvalue weighted by molar-refractivity contribution is -0.216. The van der Waals surface area contributed by atoms with Crippen molar-refractivity contribution in [1.29, 1.82) is 0 Å². The van der Waals surface area contributed by atoms with Gasteiger partial charge in [-0.05, 0) is 12.8 Å². The molecule has 0 unspecified atom stereocenters. The van der Waals surface area contributed by atoms with Gasteiger partial charge in [0, 0.05) is 5.92 Å². The van der Waals surface area contributed by atoms with Gasteiger partial charge in [-0.2, -0.15) is 0 Å². The summed E-state index contributed by atoms with van der Waals surface area (Å²) in [6, 6.07) is 0. The monoisotopic (exact) mass is 144 g/mol. The lowest BCUT2D eigenvalue weighted by Gasteiger charge is -2.24. The van der Waals surface area contributed by atoms with Gasteiger partial charge >= 0.3 is 0 Å². The number of fused-ring (bicyclic) bond motifs is 1. The second kappa shape index (κ2) is 2.19. The van der Waals surface area contributed by atoms with E-state index < -0.39 is 5.79 Å². The minimum atomic E-state index is -0.597. The Labute approximate surface area is 59.9 Å². The van der Waals surface area contributed by atoms with Crippen molar-refractivity contribution in [2.24, 2.45) is 5.92 Å². The molecular weight excluding hydrogens is 132 g/mol. The third-order valence-electron chi connectivity index (χ3n) is 2.47. The van der Waals surface area contributed by atoms with Crippen LogP contribution < -0.4 is 0 Å². The maximum Gasteiger partial charge on any atom is 0.194 e. The quantitative estimate of drug-likeness (QED) is 0.568. The van der Waals surface area contributed by atoms with Crippen LogP contribution in [0.5, 0.6) is 0 Å². The topological polar surface area (TPSA) is 38.7 Å². The molecule has 58 valence electrons. The molecule has 0 aromatic rings. The van der Waals surface area contributed by atoms with E-state index in [2.05, 4.69) is 0 Å². The van der Waals surface area contributed by atoms with E-state index in [1.807, 2.05) is 0 Å². The standard InChI is InChI=1S/C7H12O3/c8-5-7-6(1-3-9-7)2-4-10-7/h6,8H,1-5H2. The predicted octanol–water partition coefficient (Wildman–Crippen LogP) is 0.132. The van der Waals surface area contributed by atoms with Crippen LogP contribution in [0, 0.1) is 5.92 Å². The second-order valence-corrected chi connectivity index (χ2v) is 2.94. The third-order valence-corrected chi connectivity index (χ3v) is 2.47. The van der Waals surface area contributed by atoms with Crippen LogP contribution in [0.25, 0.3) is 0 Å². The van der Waals surface area contributed by atoms with Crippen LogP contribution in [0.4, 0.5) is 0 Å². The van der Waals surface area contributed by atoms with Crippen molar-refractivity contribution in [2.75, 3.05) is 19.8 Å². The Morgan fingerprint density at radius 1 is 1.30 bits per heavy atom. The largest absolute Gasteiger partial charge is 0.391 e. The van der Waals surface area contributed by atoms with Crippen LogP contribution in [0.1, 0.15) is 12.8 Å². The molecule has 2 rings (SSSR count). The summed E-state index contributed by atoms with van der Waals surface area (Å²) in [5.41, 5.74) is 0. The molecule has 3 heteroatoms. The van der Waals surface area contributed by atoms with Gasteiger partial charge < -0.3 is 14.6 Å². The van der Waals surface area contributed by atoms with Crippen molar-refractivity contribution in [3.63, 3.8) is 0 Å². The normalized spacial score (nSPS) is 45.9. The molecule has 0 atom stereocenters. The van der Waals surface area contributed by atoms with Crippen LogP contribution in [-0.4, -0.2) is 30.7 Å². The predicted molar refractivity (Wildman–Crippen MR) is 34.4 cm³/mol. The highest BCUT2D eigenvalue weighted by Crippen LogP contribution is 2.40. The van der Waals surface area contributed by atoms with Crippen molar-refractivity contribution in [3.8, 4) is 0 Å². The number of rotatable bonds is 1. The molecule has 10 heavy (non-hydrogen) atoms. The third kappa shape index (κ3) is 0.713. The molecular formula is C7H12O3. The SMILES string of the molecule is OCC12OCCC1CCO2. The highest BCUT2D eigenvalue weighted by Gasteiger charge is 2.48. The molecule has 0 aromatic carbocycles. The number of hydrogen-bond acceptors (Lipinski definition) is 3. The Balaban J connectivity index is 2.15. The average molecular weight is 144 g/mol. The fourth-order valence-corrected chi connectivity index (χ4v) is 1.83. The smallest absolute Gasteiger partial charge is 0.194 e. The zero-order valence-corrected chi connectivity index (χ0v) is 5.88. The fraction of sp³-hybridized carbons (Fsp3) is 1.00. The molecule has 2 aliphatic heterocycles. The molecule has 0 radical (unpaired) electrons. The maximum absolute atomic E-state index is 8.98. The summed E-state index contributed by atoms with van der Waals surface area (Å²) in [4.78, 5) is 0. The summed E-state index contributed by atoms with van der Waals surface area (Å²) >= 11 is 0. The van der Waals surface area contributed by atoms with Gasteiger partial charge in [0.15, 0.2) is 5.79 Å². The van der Waals surface area contributed by atoms with E-state index in [1.165, 1.54) is 0 Å². The summed E-state index contributed by atoms with van der Waals surface area (Å²) in [5, 5.41) is 8.98. The van der Waals surface area contributed by atoms with Crippen LogP contribution in [0.15, 0.2) is 0 Å². The highest BCUT2D eigenvalue weighted by molar-refractivity contribution is 4.88. The van der Waals surface area contributed by atoms with E-state index in [9.17, 15) is 0 Å². The van der Waals surface area contributed by atoms with Gasteiger partial charge in [0.25, 0.3) is 0 Å². The zero-order valence-electron chi connectivity index (χ0n) is 5.88. The Morgan fingerprint density at radius 3 is 2.30 bits per heavy atom. The van der Waals surface area contributed by atoms with Crippen molar-refractivity contribution < 1.29 is 14.6 Å². The highest BCUT2D eigenvalue weighted by atomic mass is 16.7. The van der Waals surface area contributed by atoms with Gasteiger partial charge in [0.1, 0.15) is 0 Å². The lowest BCUT2D eigenvalue weighted by Crippen LogP contribution is -2.36. The van der Waals surface area contributed by atoms with Crippen LogP contribution in [0.3, 0.4) is 0 Å². The lowest BCUT2D eigenvalue weighted by atomic mass is 9.98. The van der Waals surface area contributed by atoms with Crippen LogP contribution in [0.2, 0.25) is 0 Å². The zero-order chi connectivity index (χ0) is 7.03. The first-order valence-corrected chi connectivity index (χ1v) is 3.76. The van der Waals surface area contributed by atoms with E-state index in [-0.39, 0.29) is 6.61 Å². The molecule has 0 amide bonds. The molecule has 0 aromatic heterocycles. The molecule has 3 nitrogen and oxygen atoms in total. The van der Waals surface area contributed by atoms with E-state index in [1.54, 1.807) is 0 Å². The Kier molecular flexibility index (Phi) is 1.44. The van der Waals surface area contributed by atoms with Crippen LogP contribution in [-0.2, 0) is 9.47 Å². The van der Waals surface area contributed by atoms with Gasteiger partial charge in [-0.15, -0.1) is 0 Å². The van der Waals surface area contributed by atoms with E-state index in [4.69, 9.17) is 14.6 Å². The molecule has 2 heterocycles. The van der Waals surface area contributed by atoms with Crippen molar-refractivity contribution in [3.05, 3.63) is 0 Å². The van der Waals surface area contributed by atoms with Crippen molar-refractivity contribution in [2.45, 2.75) is 18.6 Å². The van der Waals surface area contributed by atoms with E-state index in [0.29, 0.717) is 5.92 Å². The van der Waals surface area contributed by atoms with E-state index >= 15 is 0 Å². The molecule has 0 bridgehead atoms. The second-order valence-electron chi connectivity index (χ2n) is 2.94. The van der Waals surface area contributed by atoms with Gasteiger partial charge in [-0.1, -0.05) is 0 Å². The molecule has 0 spiro atoms. The van der Waals surface area contributed by atoms with Gasteiger partial charge in [0.2, 0.25) is 0 Å². The Morgan fingerprint density at radius 2 is 1.90 bits per heavy atom. The molecule has 2 aliphatic rings. The number of aliphatic hydroxyl groups excluding tert-OH is 1. The fourth-order valence-electron chi connectivity index (χ4n) is 1.83. The molecule has 1 N–H and O–H groups in total. The van der Waals surface area contributed by atoms with Crippen LogP contribution >= 0.6 is 0 Å². The number of hydrogen-bond donors (Lipinski definition) is 1. The first kappa shape index (κ1) is 6.58. The molecule has 2 saturated heterocycles. The summed E-state index contributed by atoms with van der Waals surface area (Å²) in [6.07, 6.45) is 2.08. The minimum Gasteiger partial charge on any atom is -0.391 e. The summed E-state index contributed by atoms with van der Waals surface area (Å²) in [7, 11) is 0. The number of aliphatic hydroxyl groups is 1. The summed E-state index contributed by atoms with van der Waals surface area (Å²) < 4.78 is 10.7. The molecule has 0 saturated carbocycles. The summed E-state index contributed by atoms with van der Waals surface area (Å²) in [5.74, 6) is -0.155. The van der Waals surface area contributed by atoms with Gasteiger partial charge in [-0.3, -0.25) is 0 Å². The average Bonchev–Trinajstić information content (AvgIpc) is 2.42. The maximum atomic E-state index is 8.98. The van der Waals surface area contributed by atoms with Gasteiger partial charge in [-0.25, -0.2) is 0 Å². The first-order chi connectivity index (χ1) is 4.87. The number of ether oxygens (including phenoxy) is 2. The Hall–Kier alpha value is -0.120. The summed E-state index contributed by atoms with van der Waals surface area (Å²) in [6.45, 7) is 1.49.